The lowest BCUT2D eigenvalue weighted by molar-refractivity contribution is 0.0746. The van der Waals surface area contributed by atoms with E-state index in [9.17, 15) is 9.59 Å². The van der Waals surface area contributed by atoms with E-state index in [0.717, 1.165) is 37.4 Å². The number of rotatable bonds is 5. The molecule has 1 aliphatic heterocycles. The molecule has 1 aliphatic carbocycles. The van der Waals surface area contributed by atoms with Gasteiger partial charge in [-0.05, 0) is 37.1 Å². The summed E-state index contributed by atoms with van der Waals surface area (Å²) in [4.78, 5) is 33.3. The van der Waals surface area contributed by atoms with Crippen LogP contribution in [-0.4, -0.2) is 61.0 Å². The summed E-state index contributed by atoms with van der Waals surface area (Å²) in [5, 5.41) is 2.91. The maximum Gasteiger partial charge on any atom is 0.270 e. The van der Waals surface area contributed by atoms with Crippen LogP contribution >= 0.6 is 0 Å². The fourth-order valence-electron chi connectivity index (χ4n) is 3.40. The first-order valence-corrected chi connectivity index (χ1v) is 9.60. The third-order valence-electron chi connectivity index (χ3n) is 5.14. The normalized spacial score (nSPS) is 16.6. The highest BCUT2D eigenvalue weighted by Gasteiger charge is 2.26. The number of carbonyl (C=O) groups is 2. The summed E-state index contributed by atoms with van der Waals surface area (Å²) in [6.07, 6.45) is 3.56. The zero-order valence-electron chi connectivity index (χ0n) is 15.9. The van der Waals surface area contributed by atoms with Gasteiger partial charge in [-0.1, -0.05) is 12.1 Å². The maximum absolute atomic E-state index is 12.9. The van der Waals surface area contributed by atoms with E-state index in [4.69, 9.17) is 4.74 Å². The minimum Gasteiger partial charge on any atom is -0.495 e. The number of benzene rings is 1. The third kappa shape index (κ3) is 3.93. The predicted octanol–water partition coefficient (Wildman–Crippen LogP) is 1.94. The van der Waals surface area contributed by atoms with Gasteiger partial charge in [0, 0.05) is 44.0 Å². The fourth-order valence-corrected chi connectivity index (χ4v) is 3.40. The molecule has 7 nitrogen and oxygen atoms in total. The number of piperazine rings is 1. The highest BCUT2D eigenvalue weighted by molar-refractivity contribution is 5.98. The van der Waals surface area contributed by atoms with Gasteiger partial charge in [-0.2, -0.15) is 0 Å². The van der Waals surface area contributed by atoms with Crippen LogP contribution in [0, 0.1) is 0 Å². The molecule has 28 heavy (non-hydrogen) atoms. The Morgan fingerprint density at radius 2 is 1.86 bits per heavy atom. The highest BCUT2D eigenvalue weighted by Crippen LogP contribution is 2.28. The van der Waals surface area contributed by atoms with E-state index < -0.39 is 0 Å². The molecule has 0 atom stereocenters. The second kappa shape index (κ2) is 7.88. The smallest absolute Gasteiger partial charge is 0.270 e. The number of anilines is 1. The van der Waals surface area contributed by atoms with Crippen LogP contribution in [0.1, 0.15) is 33.7 Å². The Bertz CT molecular complexity index is 873. The molecule has 2 aromatic rings. The number of ether oxygens (including phenoxy) is 1. The number of nitrogens with one attached hydrogen (secondary N) is 1. The standard InChI is InChI=1S/C21H24N4O3/c1-28-19-5-3-2-4-18(19)24-10-12-25(13-11-24)21(27)15-8-9-22-17(14-15)20(26)23-16-6-7-16/h2-5,8-9,14,16H,6-7,10-13H2,1H3,(H,23,26). The van der Waals surface area contributed by atoms with Crippen molar-refractivity contribution in [2.75, 3.05) is 38.2 Å². The van der Waals surface area contributed by atoms with Crippen LogP contribution in [0.4, 0.5) is 5.69 Å². The average Bonchev–Trinajstić information content (AvgIpc) is 3.57. The molecule has 1 aromatic heterocycles. The van der Waals surface area contributed by atoms with Crippen molar-refractivity contribution < 1.29 is 14.3 Å². The number of amides is 2. The van der Waals surface area contributed by atoms with Gasteiger partial charge in [0.1, 0.15) is 11.4 Å². The number of nitrogens with zero attached hydrogens (tertiary/aromatic N) is 3. The third-order valence-corrected chi connectivity index (χ3v) is 5.14. The number of aromatic nitrogens is 1. The van der Waals surface area contributed by atoms with Gasteiger partial charge in [-0.15, -0.1) is 0 Å². The van der Waals surface area contributed by atoms with Gasteiger partial charge in [0.25, 0.3) is 11.8 Å². The Morgan fingerprint density at radius 1 is 1.11 bits per heavy atom. The van der Waals surface area contributed by atoms with Crippen LogP contribution in [0.2, 0.25) is 0 Å². The van der Waals surface area contributed by atoms with E-state index in [1.807, 2.05) is 29.2 Å². The van der Waals surface area contributed by atoms with Gasteiger partial charge in [0.05, 0.1) is 12.8 Å². The van der Waals surface area contributed by atoms with Crippen molar-refractivity contribution in [3.05, 3.63) is 53.9 Å². The zero-order chi connectivity index (χ0) is 19.5. The number of para-hydroxylation sites is 2. The van der Waals surface area contributed by atoms with E-state index in [1.165, 1.54) is 6.20 Å². The molecule has 7 heteroatoms. The molecule has 2 fully saturated rings. The molecule has 1 saturated heterocycles. The lowest BCUT2D eigenvalue weighted by Gasteiger charge is -2.36. The molecule has 0 bridgehead atoms. The lowest BCUT2D eigenvalue weighted by atomic mass is 10.1. The molecular formula is C21H24N4O3. The van der Waals surface area contributed by atoms with E-state index in [0.29, 0.717) is 24.3 Å². The number of methoxy groups -OCH3 is 1. The van der Waals surface area contributed by atoms with Crippen molar-refractivity contribution in [1.29, 1.82) is 0 Å². The summed E-state index contributed by atoms with van der Waals surface area (Å²) >= 11 is 0. The van der Waals surface area contributed by atoms with Crippen molar-refractivity contribution in [3.8, 4) is 5.75 Å². The van der Waals surface area contributed by atoms with Crippen molar-refractivity contribution in [3.63, 3.8) is 0 Å². The van der Waals surface area contributed by atoms with Crippen molar-refractivity contribution in [2.45, 2.75) is 18.9 Å². The zero-order valence-corrected chi connectivity index (χ0v) is 15.9. The summed E-state index contributed by atoms with van der Waals surface area (Å²) in [6.45, 7) is 2.68. The summed E-state index contributed by atoms with van der Waals surface area (Å²) in [5.41, 5.74) is 1.84. The van der Waals surface area contributed by atoms with Crippen molar-refractivity contribution >= 4 is 17.5 Å². The van der Waals surface area contributed by atoms with Gasteiger partial charge >= 0.3 is 0 Å². The van der Waals surface area contributed by atoms with Crippen LogP contribution in [-0.2, 0) is 0 Å². The van der Waals surface area contributed by atoms with Gasteiger partial charge in [-0.3, -0.25) is 14.6 Å². The Hall–Kier alpha value is -3.09. The summed E-state index contributed by atoms with van der Waals surface area (Å²) in [5.74, 6) is 0.559. The first-order valence-electron chi connectivity index (χ1n) is 9.60. The molecule has 2 amide bonds. The van der Waals surface area contributed by atoms with Crippen molar-refractivity contribution in [2.24, 2.45) is 0 Å². The van der Waals surface area contributed by atoms with E-state index in [-0.39, 0.29) is 17.9 Å². The molecule has 0 unspecified atom stereocenters. The summed E-state index contributed by atoms with van der Waals surface area (Å²) in [7, 11) is 1.67. The van der Waals surface area contributed by atoms with Crippen LogP contribution in [0.5, 0.6) is 5.75 Å². The van der Waals surface area contributed by atoms with Gasteiger partial charge in [-0.25, -0.2) is 0 Å². The van der Waals surface area contributed by atoms with E-state index >= 15 is 0 Å². The molecule has 2 heterocycles. The molecule has 4 rings (SSSR count). The number of hydrogen-bond acceptors (Lipinski definition) is 5. The second-order valence-corrected chi connectivity index (χ2v) is 7.13. The summed E-state index contributed by atoms with van der Waals surface area (Å²) < 4.78 is 5.44. The molecule has 1 aromatic carbocycles. The van der Waals surface area contributed by atoms with Gasteiger partial charge in [0.15, 0.2) is 0 Å². The first kappa shape index (κ1) is 18.3. The SMILES string of the molecule is COc1ccccc1N1CCN(C(=O)c2ccnc(C(=O)NC3CC3)c2)CC1. The van der Waals surface area contributed by atoms with Crippen LogP contribution < -0.4 is 15.0 Å². The fraction of sp³-hybridized carbons (Fsp3) is 0.381. The Morgan fingerprint density at radius 3 is 2.57 bits per heavy atom. The van der Waals surface area contributed by atoms with Crippen molar-refractivity contribution in [1.82, 2.24) is 15.2 Å². The van der Waals surface area contributed by atoms with Crippen LogP contribution in [0.3, 0.4) is 0 Å². The van der Waals surface area contributed by atoms with Crippen LogP contribution in [0.15, 0.2) is 42.6 Å². The molecular weight excluding hydrogens is 356 g/mol. The molecule has 2 aliphatic rings. The van der Waals surface area contributed by atoms with E-state index in [2.05, 4.69) is 15.2 Å². The molecule has 146 valence electrons. The number of hydrogen-bond donors (Lipinski definition) is 1. The molecule has 0 radical (unpaired) electrons. The largest absolute Gasteiger partial charge is 0.495 e. The number of pyridine rings is 1. The Labute approximate surface area is 164 Å². The topological polar surface area (TPSA) is 74.8 Å². The Balaban J connectivity index is 1.40. The number of carbonyl (C=O) groups excluding carboxylic acids is 2. The minimum atomic E-state index is -0.210. The van der Waals surface area contributed by atoms with E-state index in [1.54, 1.807) is 19.2 Å². The van der Waals surface area contributed by atoms with Gasteiger partial charge < -0.3 is 19.9 Å². The summed E-state index contributed by atoms with van der Waals surface area (Å²) in [6, 6.07) is 11.4. The second-order valence-electron chi connectivity index (χ2n) is 7.13. The minimum absolute atomic E-state index is 0.0671. The first-order chi connectivity index (χ1) is 13.7. The molecule has 1 saturated carbocycles. The monoisotopic (exact) mass is 380 g/mol. The lowest BCUT2D eigenvalue weighted by Crippen LogP contribution is -2.49. The predicted molar refractivity (Wildman–Crippen MR) is 106 cm³/mol. The quantitative estimate of drug-likeness (QED) is 0.858. The molecule has 1 N–H and O–H groups in total. The highest BCUT2D eigenvalue weighted by atomic mass is 16.5. The Kier molecular flexibility index (Phi) is 5.14. The van der Waals surface area contributed by atoms with Crippen LogP contribution in [0.25, 0.3) is 0 Å². The maximum atomic E-state index is 12.9. The average molecular weight is 380 g/mol. The molecule has 0 spiro atoms. The van der Waals surface area contributed by atoms with Gasteiger partial charge in [0.2, 0.25) is 0 Å².